The van der Waals surface area contributed by atoms with Crippen molar-refractivity contribution in [3.8, 4) is 0 Å². The molecule has 9 heteroatoms. The van der Waals surface area contributed by atoms with Gasteiger partial charge in [-0.05, 0) is 64.2 Å². The van der Waals surface area contributed by atoms with Gasteiger partial charge in [-0.25, -0.2) is 9.97 Å². The molecular formula is C24H27N7O2. The summed E-state index contributed by atoms with van der Waals surface area (Å²) in [6.07, 6.45) is 0.901. The van der Waals surface area contributed by atoms with E-state index in [2.05, 4.69) is 25.9 Å². The Labute approximate surface area is 191 Å². The number of amides is 2. The summed E-state index contributed by atoms with van der Waals surface area (Å²) in [6, 6.07) is 13.2. The number of hydrogen-bond donors (Lipinski definition) is 3. The van der Waals surface area contributed by atoms with E-state index in [4.69, 9.17) is 0 Å². The van der Waals surface area contributed by atoms with Gasteiger partial charge in [-0.2, -0.15) is 0 Å². The second-order valence-corrected chi connectivity index (χ2v) is 8.50. The minimum absolute atomic E-state index is 0.0254. The van der Waals surface area contributed by atoms with Gasteiger partial charge in [-0.1, -0.05) is 12.1 Å². The monoisotopic (exact) mass is 445 g/mol. The van der Waals surface area contributed by atoms with Crippen LogP contribution in [0.15, 0.2) is 42.5 Å². The average Bonchev–Trinajstić information content (AvgIpc) is 3.36. The largest absolute Gasteiger partial charge is 0.346 e. The predicted octanol–water partition coefficient (Wildman–Crippen LogP) is 2.94. The average molecular weight is 446 g/mol. The number of carbonyl (C=O) groups excluding carboxylic acids is 2. The van der Waals surface area contributed by atoms with Crippen LogP contribution in [0.4, 0.5) is 5.95 Å². The van der Waals surface area contributed by atoms with E-state index in [1.165, 1.54) is 0 Å². The molecule has 0 bridgehead atoms. The second-order valence-electron chi connectivity index (χ2n) is 8.50. The molecule has 4 heterocycles. The Kier molecular flexibility index (Phi) is 5.33. The van der Waals surface area contributed by atoms with Crippen molar-refractivity contribution in [2.45, 2.75) is 38.9 Å². The normalized spacial score (nSPS) is 17.8. The second kappa shape index (κ2) is 8.32. The van der Waals surface area contributed by atoms with E-state index in [9.17, 15) is 9.59 Å². The molecule has 1 aromatic carbocycles. The number of rotatable bonds is 6. The summed E-state index contributed by atoms with van der Waals surface area (Å²) in [6.45, 7) is 5.59. The standard InChI is InChI=1S/C24H27N7O2/c1-14-15(2)31-20(23(33)26-14)13-16-9-10-18(27-21(16)31)22(32)29-24-28-17-7-4-5-8-19(17)30(24)12-6-11-25-3/h4-5,7-10,13-15,25H,6,11-12H2,1-3H3,(H,26,33)(H,28,29,32)/t14-,15?/m0/s1. The molecule has 0 aliphatic carbocycles. The van der Waals surface area contributed by atoms with Crippen molar-refractivity contribution < 1.29 is 9.59 Å². The lowest BCUT2D eigenvalue weighted by atomic mass is 10.1. The molecule has 1 unspecified atom stereocenters. The molecule has 2 atom stereocenters. The van der Waals surface area contributed by atoms with Crippen LogP contribution in [0.25, 0.3) is 22.1 Å². The molecular weight excluding hydrogens is 418 g/mol. The van der Waals surface area contributed by atoms with Crippen molar-refractivity contribution in [3.05, 3.63) is 53.9 Å². The van der Waals surface area contributed by atoms with Crippen LogP contribution in [0.1, 0.15) is 47.3 Å². The molecule has 0 saturated heterocycles. The highest BCUT2D eigenvalue weighted by molar-refractivity contribution is 6.05. The molecule has 0 fully saturated rings. The Morgan fingerprint density at radius 3 is 2.79 bits per heavy atom. The number of aromatic nitrogens is 4. The first-order valence-corrected chi connectivity index (χ1v) is 11.2. The number of imidazole rings is 1. The van der Waals surface area contributed by atoms with Gasteiger partial charge >= 0.3 is 0 Å². The number of nitrogens with zero attached hydrogens (tertiary/aromatic N) is 4. The number of carbonyl (C=O) groups is 2. The molecule has 1 aliphatic rings. The maximum atomic E-state index is 13.2. The number of anilines is 1. The zero-order valence-electron chi connectivity index (χ0n) is 18.9. The minimum Gasteiger partial charge on any atom is -0.346 e. The minimum atomic E-state index is -0.335. The number of para-hydroxylation sites is 2. The lowest BCUT2D eigenvalue weighted by Crippen LogP contribution is -2.44. The summed E-state index contributed by atoms with van der Waals surface area (Å²) in [5, 5.41) is 9.91. The topological polar surface area (TPSA) is 106 Å². The fourth-order valence-corrected chi connectivity index (χ4v) is 4.41. The molecule has 0 spiro atoms. The Balaban J connectivity index is 1.49. The molecule has 5 rings (SSSR count). The summed E-state index contributed by atoms with van der Waals surface area (Å²) in [5.74, 6) is 0.0382. The number of fused-ring (bicyclic) bond motifs is 4. The van der Waals surface area contributed by atoms with Gasteiger partial charge in [-0.3, -0.25) is 14.9 Å². The molecule has 3 aromatic heterocycles. The van der Waals surface area contributed by atoms with E-state index < -0.39 is 0 Å². The molecule has 2 amide bonds. The molecule has 3 N–H and O–H groups in total. The molecule has 1 aliphatic heterocycles. The molecule has 9 nitrogen and oxygen atoms in total. The number of nitrogens with one attached hydrogen (secondary N) is 3. The van der Waals surface area contributed by atoms with Crippen LogP contribution in [0, 0.1) is 0 Å². The van der Waals surface area contributed by atoms with Crippen LogP contribution in [0.5, 0.6) is 0 Å². The van der Waals surface area contributed by atoms with Crippen molar-refractivity contribution in [2.75, 3.05) is 18.9 Å². The highest BCUT2D eigenvalue weighted by Crippen LogP contribution is 2.28. The van der Waals surface area contributed by atoms with Crippen LogP contribution in [0.2, 0.25) is 0 Å². The van der Waals surface area contributed by atoms with Crippen molar-refractivity contribution in [3.63, 3.8) is 0 Å². The third-order valence-electron chi connectivity index (χ3n) is 6.33. The zero-order chi connectivity index (χ0) is 23.1. The first kappa shape index (κ1) is 21.1. The van der Waals surface area contributed by atoms with E-state index in [0.29, 0.717) is 17.3 Å². The number of benzene rings is 1. The third kappa shape index (κ3) is 3.64. The van der Waals surface area contributed by atoms with Gasteiger partial charge < -0.3 is 19.8 Å². The number of hydrogen-bond acceptors (Lipinski definition) is 5. The van der Waals surface area contributed by atoms with Gasteiger partial charge in [0.15, 0.2) is 0 Å². The van der Waals surface area contributed by atoms with Gasteiger partial charge in [0, 0.05) is 18.0 Å². The maximum Gasteiger partial charge on any atom is 0.276 e. The van der Waals surface area contributed by atoms with E-state index in [0.717, 1.165) is 35.9 Å². The predicted molar refractivity (Wildman–Crippen MR) is 128 cm³/mol. The lowest BCUT2D eigenvalue weighted by Gasteiger charge is -2.29. The van der Waals surface area contributed by atoms with E-state index in [1.807, 2.05) is 66.4 Å². The Hall–Kier alpha value is -3.72. The van der Waals surface area contributed by atoms with Gasteiger partial charge in [0.1, 0.15) is 17.0 Å². The molecule has 4 aromatic rings. The van der Waals surface area contributed by atoms with Crippen LogP contribution in [0.3, 0.4) is 0 Å². The number of aryl methyl sites for hydroxylation is 1. The van der Waals surface area contributed by atoms with E-state index in [-0.39, 0.29) is 29.6 Å². The van der Waals surface area contributed by atoms with Crippen molar-refractivity contribution in [1.82, 2.24) is 29.7 Å². The van der Waals surface area contributed by atoms with E-state index in [1.54, 1.807) is 6.07 Å². The summed E-state index contributed by atoms with van der Waals surface area (Å²) >= 11 is 0. The Bertz CT molecular complexity index is 1370. The highest BCUT2D eigenvalue weighted by atomic mass is 16.2. The van der Waals surface area contributed by atoms with Gasteiger partial charge in [0.05, 0.1) is 17.1 Å². The summed E-state index contributed by atoms with van der Waals surface area (Å²) in [4.78, 5) is 34.9. The third-order valence-corrected chi connectivity index (χ3v) is 6.33. The molecule has 33 heavy (non-hydrogen) atoms. The van der Waals surface area contributed by atoms with Crippen LogP contribution < -0.4 is 16.0 Å². The van der Waals surface area contributed by atoms with Gasteiger partial charge in [0.25, 0.3) is 11.8 Å². The van der Waals surface area contributed by atoms with Crippen LogP contribution >= 0.6 is 0 Å². The maximum absolute atomic E-state index is 13.2. The first-order valence-electron chi connectivity index (χ1n) is 11.2. The summed E-state index contributed by atoms with van der Waals surface area (Å²) in [7, 11) is 1.92. The zero-order valence-corrected chi connectivity index (χ0v) is 18.9. The van der Waals surface area contributed by atoms with Crippen molar-refractivity contribution in [1.29, 1.82) is 0 Å². The number of pyridine rings is 1. The summed E-state index contributed by atoms with van der Waals surface area (Å²) < 4.78 is 3.94. The Morgan fingerprint density at radius 1 is 1.15 bits per heavy atom. The van der Waals surface area contributed by atoms with Gasteiger partial charge in [0.2, 0.25) is 5.95 Å². The van der Waals surface area contributed by atoms with Crippen molar-refractivity contribution in [2.24, 2.45) is 0 Å². The quantitative estimate of drug-likeness (QED) is 0.396. The molecule has 0 radical (unpaired) electrons. The van der Waals surface area contributed by atoms with Gasteiger partial charge in [-0.15, -0.1) is 0 Å². The summed E-state index contributed by atoms with van der Waals surface area (Å²) in [5.41, 5.74) is 3.28. The molecule has 170 valence electrons. The van der Waals surface area contributed by atoms with E-state index >= 15 is 0 Å². The van der Waals surface area contributed by atoms with Crippen molar-refractivity contribution >= 4 is 39.8 Å². The van der Waals surface area contributed by atoms with Crippen LogP contribution in [-0.4, -0.2) is 50.6 Å². The first-order chi connectivity index (χ1) is 16.0. The highest BCUT2D eigenvalue weighted by Gasteiger charge is 2.30. The smallest absolute Gasteiger partial charge is 0.276 e. The SMILES string of the molecule is CNCCCn1c(NC(=O)c2ccc3cc4n(c3n2)C(C)[C@H](C)NC4=O)nc2ccccc21. The fraction of sp³-hybridized carbons (Fsp3) is 0.333. The fourth-order valence-electron chi connectivity index (χ4n) is 4.41. The molecule has 0 saturated carbocycles. The Morgan fingerprint density at radius 2 is 1.97 bits per heavy atom. The lowest BCUT2D eigenvalue weighted by molar-refractivity contribution is 0.0891. The van der Waals surface area contributed by atoms with Crippen LogP contribution in [-0.2, 0) is 6.54 Å².